The number of unbranched alkanes of at least 4 members (excludes halogenated alkanes) is 1. The minimum atomic E-state index is -0.766. The molecule has 1 aliphatic rings. The van der Waals surface area contributed by atoms with E-state index in [4.69, 9.17) is 5.11 Å². The maximum absolute atomic E-state index is 9.55. The summed E-state index contributed by atoms with van der Waals surface area (Å²) in [4.78, 5) is 2.11. The number of aliphatic hydroxyl groups excluding tert-OH is 3. The molecule has 1 saturated heterocycles. The van der Waals surface area contributed by atoms with Crippen molar-refractivity contribution in [2.75, 3.05) is 26.2 Å². The Morgan fingerprint density at radius 3 is 2.57 bits per heavy atom. The van der Waals surface area contributed by atoms with Crippen LogP contribution in [-0.2, 0) is 0 Å². The first-order valence-electron chi connectivity index (χ1n) is 5.38. The lowest BCUT2D eigenvalue weighted by Crippen LogP contribution is -2.53. The topological polar surface area (TPSA) is 63.9 Å². The third kappa shape index (κ3) is 2.92. The van der Waals surface area contributed by atoms with Gasteiger partial charge in [-0.3, -0.25) is 0 Å². The molecule has 0 amide bonds. The summed E-state index contributed by atoms with van der Waals surface area (Å²) in [6, 6.07) is 0. The van der Waals surface area contributed by atoms with Crippen molar-refractivity contribution in [1.82, 2.24) is 4.90 Å². The molecule has 14 heavy (non-hydrogen) atoms. The summed E-state index contributed by atoms with van der Waals surface area (Å²) < 4.78 is 0. The zero-order chi connectivity index (χ0) is 10.6. The SMILES string of the molecule is CCCCN1C[C@H](CO)[C@@H](O)[C@H](O)C1. The minimum Gasteiger partial charge on any atom is -0.396 e. The van der Waals surface area contributed by atoms with Gasteiger partial charge in [0.25, 0.3) is 0 Å². The summed E-state index contributed by atoms with van der Waals surface area (Å²) >= 11 is 0. The number of piperidine rings is 1. The van der Waals surface area contributed by atoms with Crippen LogP contribution in [0.5, 0.6) is 0 Å². The van der Waals surface area contributed by atoms with E-state index in [0.29, 0.717) is 13.1 Å². The molecule has 1 heterocycles. The highest BCUT2D eigenvalue weighted by atomic mass is 16.3. The van der Waals surface area contributed by atoms with E-state index in [1.54, 1.807) is 0 Å². The van der Waals surface area contributed by atoms with Crippen molar-refractivity contribution in [1.29, 1.82) is 0 Å². The van der Waals surface area contributed by atoms with Crippen LogP contribution in [0.15, 0.2) is 0 Å². The summed E-state index contributed by atoms with van der Waals surface area (Å²) in [6.07, 6.45) is 0.746. The van der Waals surface area contributed by atoms with Crippen LogP contribution in [0.1, 0.15) is 19.8 Å². The van der Waals surface area contributed by atoms with E-state index in [0.717, 1.165) is 19.4 Å². The van der Waals surface area contributed by atoms with Crippen molar-refractivity contribution in [3.63, 3.8) is 0 Å². The Kier molecular flexibility index (Phi) is 4.81. The van der Waals surface area contributed by atoms with Crippen LogP contribution in [0.25, 0.3) is 0 Å². The highest BCUT2D eigenvalue weighted by Gasteiger charge is 2.33. The molecule has 4 heteroatoms. The Balaban J connectivity index is 2.41. The van der Waals surface area contributed by atoms with Crippen LogP contribution in [0.4, 0.5) is 0 Å². The van der Waals surface area contributed by atoms with Crippen molar-refractivity contribution >= 4 is 0 Å². The third-order valence-electron chi connectivity index (χ3n) is 2.88. The number of hydrogen-bond acceptors (Lipinski definition) is 4. The quantitative estimate of drug-likeness (QED) is 0.573. The number of likely N-dealkylation sites (tertiary alicyclic amines) is 1. The van der Waals surface area contributed by atoms with Gasteiger partial charge in [0.1, 0.15) is 0 Å². The first-order chi connectivity index (χ1) is 6.69. The predicted molar refractivity (Wildman–Crippen MR) is 53.9 cm³/mol. The molecule has 0 aromatic heterocycles. The van der Waals surface area contributed by atoms with Crippen LogP contribution in [0.2, 0.25) is 0 Å². The first kappa shape index (κ1) is 11.9. The molecule has 0 spiro atoms. The smallest absolute Gasteiger partial charge is 0.0929 e. The highest BCUT2D eigenvalue weighted by molar-refractivity contribution is 4.85. The van der Waals surface area contributed by atoms with Crippen LogP contribution in [0.3, 0.4) is 0 Å². The van der Waals surface area contributed by atoms with Crippen molar-refractivity contribution in [2.45, 2.75) is 32.0 Å². The van der Waals surface area contributed by atoms with E-state index in [1.165, 1.54) is 0 Å². The fraction of sp³-hybridized carbons (Fsp3) is 1.00. The van der Waals surface area contributed by atoms with Crippen LogP contribution < -0.4 is 0 Å². The second-order valence-corrected chi connectivity index (χ2v) is 4.11. The van der Waals surface area contributed by atoms with Gasteiger partial charge < -0.3 is 20.2 Å². The lowest BCUT2D eigenvalue weighted by molar-refractivity contribution is -0.0861. The van der Waals surface area contributed by atoms with Gasteiger partial charge in [0, 0.05) is 25.6 Å². The summed E-state index contributed by atoms with van der Waals surface area (Å²) in [6.45, 7) is 4.22. The molecule has 1 fully saturated rings. The number of aliphatic hydroxyl groups is 3. The van der Waals surface area contributed by atoms with E-state index in [9.17, 15) is 10.2 Å². The van der Waals surface area contributed by atoms with E-state index in [-0.39, 0.29) is 12.5 Å². The fourth-order valence-corrected chi connectivity index (χ4v) is 1.93. The summed E-state index contributed by atoms with van der Waals surface area (Å²) in [5.41, 5.74) is 0. The fourth-order valence-electron chi connectivity index (χ4n) is 1.93. The molecule has 84 valence electrons. The zero-order valence-corrected chi connectivity index (χ0v) is 8.76. The Morgan fingerprint density at radius 1 is 1.29 bits per heavy atom. The molecule has 0 radical (unpaired) electrons. The molecule has 1 rings (SSSR count). The van der Waals surface area contributed by atoms with Crippen molar-refractivity contribution < 1.29 is 15.3 Å². The van der Waals surface area contributed by atoms with Crippen molar-refractivity contribution in [3.8, 4) is 0 Å². The molecule has 0 aromatic rings. The largest absolute Gasteiger partial charge is 0.396 e. The average Bonchev–Trinajstić information content (AvgIpc) is 2.19. The molecule has 0 unspecified atom stereocenters. The van der Waals surface area contributed by atoms with Crippen LogP contribution >= 0.6 is 0 Å². The van der Waals surface area contributed by atoms with Crippen molar-refractivity contribution in [3.05, 3.63) is 0 Å². The lowest BCUT2D eigenvalue weighted by Gasteiger charge is -2.38. The van der Waals surface area contributed by atoms with Crippen molar-refractivity contribution in [2.24, 2.45) is 5.92 Å². The average molecular weight is 203 g/mol. The number of β-amino-alcohol motifs (C(OH)–C–C–N with tert-alkyl or cyclic N) is 1. The lowest BCUT2D eigenvalue weighted by atomic mass is 9.93. The Bertz CT molecular complexity index is 165. The van der Waals surface area contributed by atoms with Gasteiger partial charge in [0.2, 0.25) is 0 Å². The van der Waals surface area contributed by atoms with Gasteiger partial charge in [-0.1, -0.05) is 13.3 Å². The van der Waals surface area contributed by atoms with Gasteiger partial charge in [-0.05, 0) is 13.0 Å². The molecule has 0 bridgehead atoms. The number of rotatable bonds is 4. The molecule has 0 aliphatic carbocycles. The number of nitrogens with zero attached hydrogens (tertiary/aromatic N) is 1. The van der Waals surface area contributed by atoms with E-state index < -0.39 is 12.2 Å². The zero-order valence-electron chi connectivity index (χ0n) is 8.76. The maximum atomic E-state index is 9.55. The minimum absolute atomic E-state index is 0.0547. The number of hydrogen-bond donors (Lipinski definition) is 3. The summed E-state index contributed by atoms with van der Waals surface area (Å²) in [7, 11) is 0. The molecule has 3 atom stereocenters. The Hall–Kier alpha value is -0.160. The summed E-state index contributed by atoms with van der Waals surface area (Å²) in [5.74, 6) is -0.199. The summed E-state index contributed by atoms with van der Waals surface area (Å²) in [5, 5.41) is 28.1. The van der Waals surface area contributed by atoms with Crippen LogP contribution in [0, 0.1) is 5.92 Å². The Labute approximate surface area is 85.2 Å². The molecule has 0 aromatic carbocycles. The predicted octanol–water partition coefficient (Wildman–Crippen LogP) is -0.568. The first-order valence-corrected chi connectivity index (χ1v) is 5.38. The van der Waals surface area contributed by atoms with Gasteiger partial charge in [0.15, 0.2) is 0 Å². The van der Waals surface area contributed by atoms with E-state index >= 15 is 0 Å². The molecule has 4 nitrogen and oxygen atoms in total. The van der Waals surface area contributed by atoms with Gasteiger partial charge in [-0.25, -0.2) is 0 Å². The molecule has 0 saturated carbocycles. The van der Waals surface area contributed by atoms with Crippen LogP contribution in [-0.4, -0.2) is 58.7 Å². The second kappa shape index (κ2) is 5.66. The van der Waals surface area contributed by atoms with E-state index in [1.807, 2.05) is 0 Å². The second-order valence-electron chi connectivity index (χ2n) is 4.11. The monoisotopic (exact) mass is 203 g/mol. The van der Waals surface area contributed by atoms with Gasteiger partial charge >= 0.3 is 0 Å². The molecule has 3 N–H and O–H groups in total. The molecule has 1 aliphatic heterocycles. The molecular weight excluding hydrogens is 182 g/mol. The Morgan fingerprint density at radius 2 is 2.00 bits per heavy atom. The maximum Gasteiger partial charge on any atom is 0.0929 e. The van der Waals surface area contributed by atoms with E-state index in [2.05, 4.69) is 11.8 Å². The molecular formula is C10H21NO3. The normalized spacial score (nSPS) is 34.7. The van der Waals surface area contributed by atoms with Gasteiger partial charge in [-0.15, -0.1) is 0 Å². The standard InChI is InChI=1S/C10H21NO3/c1-2-3-4-11-5-8(7-12)10(14)9(13)6-11/h8-10,12-14H,2-7H2,1H3/t8-,9-,10-/m1/s1. The highest BCUT2D eigenvalue weighted by Crippen LogP contribution is 2.17. The van der Waals surface area contributed by atoms with Gasteiger partial charge in [0.05, 0.1) is 12.2 Å². The third-order valence-corrected chi connectivity index (χ3v) is 2.88. The van der Waals surface area contributed by atoms with Gasteiger partial charge in [-0.2, -0.15) is 0 Å².